The summed E-state index contributed by atoms with van der Waals surface area (Å²) < 4.78 is 10.2. The molecule has 2 rings (SSSR count). The maximum atomic E-state index is 12.5. The lowest BCUT2D eigenvalue weighted by Gasteiger charge is -2.17. The topological polar surface area (TPSA) is 102 Å². The number of amides is 2. The third kappa shape index (κ3) is 5.35. The predicted octanol–water partition coefficient (Wildman–Crippen LogP) is 2.46. The number of thioether (sulfide) groups is 1. The van der Waals surface area contributed by atoms with E-state index >= 15 is 0 Å². The average molecular weight is 427 g/mol. The molecule has 8 nitrogen and oxygen atoms in total. The maximum Gasteiger partial charge on any atom is 0.341 e. The van der Waals surface area contributed by atoms with Crippen molar-refractivity contribution < 1.29 is 28.7 Å². The number of hydrogen-bond donors (Lipinski definition) is 1. The molecule has 0 atom stereocenters. The molecule has 0 aromatic carbocycles. The Hall–Kier alpha value is -2.33. The molecule has 0 unspecified atom stereocenters. The van der Waals surface area contributed by atoms with Gasteiger partial charge in [0.1, 0.15) is 11.6 Å². The molecule has 152 valence electrons. The number of carbonyl (C=O) groups is 4. The first-order valence-electron chi connectivity index (χ1n) is 8.60. The Bertz CT molecular complexity index is 830. The second kappa shape index (κ2) is 9.74. The van der Waals surface area contributed by atoms with Crippen LogP contribution in [0.1, 0.15) is 34.6 Å². The van der Waals surface area contributed by atoms with Gasteiger partial charge < -0.3 is 19.7 Å². The van der Waals surface area contributed by atoms with Crippen LogP contribution in [0.3, 0.4) is 0 Å². The molecule has 1 aromatic heterocycles. The molecule has 0 bridgehead atoms. The van der Waals surface area contributed by atoms with Crippen molar-refractivity contribution in [2.45, 2.75) is 27.7 Å². The molecule has 0 aliphatic carbocycles. The van der Waals surface area contributed by atoms with Crippen LogP contribution in [0.25, 0.3) is 0 Å². The fourth-order valence-corrected chi connectivity index (χ4v) is 4.53. The molecule has 0 radical (unpaired) electrons. The van der Waals surface area contributed by atoms with Gasteiger partial charge in [0.15, 0.2) is 0 Å². The minimum atomic E-state index is -0.569. The van der Waals surface area contributed by atoms with E-state index in [9.17, 15) is 19.2 Å². The molecule has 0 saturated carbocycles. The van der Waals surface area contributed by atoms with Gasteiger partial charge in [0, 0.05) is 11.8 Å². The van der Waals surface area contributed by atoms with Crippen LogP contribution in [0.5, 0.6) is 0 Å². The normalized spacial score (nSPS) is 15.1. The Kier molecular flexibility index (Phi) is 7.64. The van der Waals surface area contributed by atoms with Gasteiger partial charge in [0.05, 0.1) is 35.6 Å². The lowest BCUT2D eigenvalue weighted by atomic mass is 10.1. The first kappa shape index (κ1) is 22.0. The third-order valence-corrected chi connectivity index (χ3v) is 6.01. The van der Waals surface area contributed by atoms with E-state index in [4.69, 9.17) is 9.47 Å². The van der Waals surface area contributed by atoms with Crippen molar-refractivity contribution in [2.24, 2.45) is 0 Å². The van der Waals surface area contributed by atoms with Crippen LogP contribution in [-0.2, 0) is 23.9 Å². The van der Waals surface area contributed by atoms with Gasteiger partial charge in [-0.3, -0.25) is 9.59 Å². The van der Waals surface area contributed by atoms with E-state index in [2.05, 4.69) is 5.32 Å². The van der Waals surface area contributed by atoms with Crippen LogP contribution in [-0.4, -0.2) is 54.2 Å². The lowest BCUT2D eigenvalue weighted by molar-refractivity contribution is -0.137. The summed E-state index contributed by atoms with van der Waals surface area (Å²) in [5, 5.41) is 3.57. The van der Waals surface area contributed by atoms with E-state index in [0.29, 0.717) is 15.6 Å². The number of nitrogens with one attached hydrogen (secondary N) is 1. The SMILES string of the molecule is CCOC(=O)C=C1SCC(=O)N1CCOC(=O)c1c(NC(C)=O)sc(C)c1C. The molecule has 1 saturated heterocycles. The molecule has 1 aromatic rings. The standard InChI is InChI=1S/C18H22N2O6S2/c1-5-25-15(23)8-14-20(13(22)9-27-14)6-7-26-18(24)16-10(2)11(3)28-17(16)19-12(4)21/h8H,5-7,9H2,1-4H3,(H,19,21). The van der Waals surface area contributed by atoms with E-state index in [0.717, 1.165) is 10.4 Å². The van der Waals surface area contributed by atoms with E-state index in [1.807, 2.05) is 6.92 Å². The largest absolute Gasteiger partial charge is 0.463 e. The molecular formula is C18H22N2O6S2. The Balaban J connectivity index is 2.02. The zero-order valence-electron chi connectivity index (χ0n) is 16.1. The van der Waals surface area contributed by atoms with Crippen LogP contribution in [0.2, 0.25) is 0 Å². The van der Waals surface area contributed by atoms with Crippen molar-refractivity contribution in [3.05, 3.63) is 27.1 Å². The Morgan fingerprint density at radius 2 is 1.96 bits per heavy atom. The molecule has 1 fully saturated rings. The monoisotopic (exact) mass is 426 g/mol. The average Bonchev–Trinajstić information content (AvgIpc) is 3.08. The van der Waals surface area contributed by atoms with E-state index in [-0.39, 0.29) is 37.3 Å². The third-order valence-electron chi connectivity index (χ3n) is 3.87. The molecule has 28 heavy (non-hydrogen) atoms. The highest BCUT2D eigenvalue weighted by Crippen LogP contribution is 2.33. The van der Waals surface area contributed by atoms with Crippen molar-refractivity contribution in [1.29, 1.82) is 0 Å². The summed E-state index contributed by atoms with van der Waals surface area (Å²) in [5.41, 5.74) is 1.07. The molecule has 1 aliphatic rings. The second-order valence-corrected chi connectivity index (χ2v) is 8.09. The number of anilines is 1. The van der Waals surface area contributed by atoms with Crippen LogP contribution in [0.15, 0.2) is 11.1 Å². The fraction of sp³-hybridized carbons (Fsp3) is 0.444. The van der Waals surface area contributed by atoms with Crippen molar-refractivity contribution in [3.63, 3.8) is 0 Å². The van der Waals surface area contributed by atoms with E-state index in [1.54, 1.807) is 13.8 Å². The van der Waals surface area contributed by atoms with E-state index < -0.39 is 11.9 Å². The summed E-state index contributed by atoms with van der Waals surface area (Å²) in [6.07, 6.45) is 1.27. The summed E-state index contributed by atoms with van der Waals surface area (Å²) >= 11 is 2.54. The highest BCUT2D eigenvalue weighted by Gasteiger charge is 2.28. The highest BCUT2D eigenvalue weighted by molar-refractivity contribution is 8.04. The van der Waals surface area contributed by atoms with Gasteiger partial charge in [-0.15, -0.1) is 11.3 Å². The van der Waals surface area contributed by atoms with Gasteiger partial charge in [-0.1, -0.05) is 11.8 Å². The van der Waals surface area contributed by atoms with Gasteiger partial charge in [-0.05, 0) is 26.3 Å². The van der Waals surface area contributed by atoms with Crippen LogP contribution in [0, 0.1) is 13.8 Å². The zero-order valence-corrected chi connectivity index (χ0v) is 17.8. The van der Waals surface area contributed by atoms with Crippen LogP contribution in [0.4, 0.5) is 5.00 Å². The van der Waals surface area contributed by atoms with E-state index in [1.165, 1.54) is 41.0 Å². The van der Waals surface area contributed by atoms with Gasteiger partial charge in [-0.2, -0.15) is 0 Å². The first-order valence-corrected chi connectivity index (χ1v) is 10.4. The number of rotatable bonds is 7. The molecule has 1 aliphatic heterocycles. The molecule has 2 heterocycles. The molecule has 2 amide bonds. The number of esters is 2. The van der Waals surface area contributed by atoms with Crippen molar-refractivity contribution in [1.82, 2.24) is 4.90 Å². The smallest absolute Gasteiger partial charge is 0.341 e. The summed E-state index contributed by atoms with van der Waals surface area (Å²) in [4.78, 5) is 49.8. The minimum absolute atomic E-state index is 0.0425. The fourth-order valence-electron chi connectivity index (χ4n) is 2.48. The van der Waals surface area contributed by atoms with Crippen LogP contribution >= 0.6 is 23.1 Å². The number of aryl methyl sites for hydroxylation is 1. The van der Waals surface area contributed by atoms with Gasteiger partial charge >= 0.3 is 11.9 Å². The van der Waals surface area contributed by atoms with Crippen molar-refractivity contribution in [3.8, 4) is 0 Å². The first-order chi connectivity index (χ1) is 13.2. The highest BCUT2D eigenvalue weighted by atomic mass is 32.2. The lowest BCUT2D eigenvalue weighted by Crippen LogP contribution is -2.29. The number of thiophene rings is 1. The number of nitrogens with zero attached hydrogens (tertiary/aromatic N) is 1. The molecule has 0 spiro atoms. The van der Waals surface area contributed by atoms with Crippen LogP contribution < -0.4 is 5.32 Å². The number of ether oxygens (including phenoxy) is 2. The molecular weight excluding hydrogens is 404 g/mol. The summed E-state index contributed by atoms with van der Waals surface area (Å²) in [5.74, 6) is -1.32. The predicted molar refractivity (Wildman–Crippen MR) is 107 cm³/mol. The quantitative estimate of drug-likeness (QED) is 0.528. The molecule has 1 N–H and O–H groups in total. The Morgan fingerprint density at radius 1 is 1.25 bits per heavy atom. The molecule has 10 heteroatoms. The summed E-state index contributed by atoms with van der Waals surface area (Å²) in [6, 6.07) is 0. The Morgan fingerprint density at radius 3 is 2.61 bits per heavy atom. The van der Waals surface area contributed by atoms with Crippen molar-refractivity contribution >= 4 is 51.9 Å². The number of carbonyl (C=O) groups excluding carboxylic acids is 4. The maximum absolute atomic E-state index is 12.5. The van der Waals surface area contributed by atoms with Crippen molar-refractivity contribution in [2.75, 3.05) is 30.8 Å². The summed E-state index contributed by atoms with van der Waals surface area (Å²) in [7, 11) is 0. The van der Waals surface area contributed by atoms with Gasteiger partial charge in [0.25, 0.3) is 0 Å². The number of hydrogen-bond acceptors (Lipinski definition) is 8. The second-order valence-electron chi connectivity index (χ2n) is 5.87. The minimum Gasteiger partial charge on any atom is -0.463 e. The van der Waals surface area contributed by atoms with Gasteiger partial charge in [0.2, 0.25) is 11.8 Å². The summed E-state index contributed by atoms with van der Waals surface area (Å²) in [6.45, 7) is 7.04. The Labute approximate surface area is 171 Å². The zero-order chi connectivity index (χ0) is 20.8. The van der Waals surface area contributed by atoms with Gasteiger partial charge in [-0.25, -0.2) is 9.59 Å².